The fraction of sp³-hybridized carbons (Fsp3) is 0.400. The number of methoxy groups -OCH3 is 2. The van der Waals surface area contributed by atoms with Gasteiger partial charge in [0.2, 0.25) is 5.91 Å². The number of rotatable bonds is 6. The minimum Gasteiger partial charge on any atom is -0.468 e. The summed E-state index contributed by atoms with van der Waals surface area (Å²) in [5.41, 5.74) is 0.00244. The maximum Gasteiger partial charge on any atom is 0.334 e. The predicted molar refractivity (Wildman–Crippen MR) is 110 cm³/mol. The van der Waals surface area contributed by atoms with Crippen LogP contribution in [0, 0.1) is 5.82 Å². The fourth-order valence-electron chi connectivity index (χ4n) is 3.04. The molecule has 0 atom stereocenters. The van der Waals surface area contributed by atoms with E-state index in [1.807, 2.05) is 0 Å². The molecule has 162 valence electrons. The van der Waals surface area contributed by atoms with Crippen molar-refractivity contribution in [1.29, 1.82) is 0 Å². The molecule has 1 aromatic rings. The van der Waals surface area contributed by atoms with Gasteiger partial charge in [-0.2, -0.15) is 0 Å². The first-order valence-corrected chi connectivity index (χ1v) is 10.4. The van der Waals surface area contributed by atoms with E-state index in [1.165, 1.54) is 20.3 Å². The Balaban J connectivity index is 2.50. The number of halogens is 2. The molecule has 10 heteroatoms. The van der Waals surface area contributed by atoms with Crippen molar-refractivity contribution in [3.8, 4) is 0 Å². The number of hydrogen-bond acceptors (Lipinski definition) is 7. The third kappa shape index (κ3) is 5.40. The predicted octanol–water partition coefficient (Wildman–Crippen LogP) is 3.67. The Kier molecular flexibility index (Phi) is 8.43. The van der Waals surface area contributed by atoms with Gasteiger partial charge in [-0.1, -0.05) is 11.6 Å². The number of esters is 2. The van der Waals surface area contributed by atoms with E-state index >= 15 is 0 Å². The molecule has 30 heavy (non-hydrogen) atoms. The monoisotopic (exact) mass is 457 g/mol. The van der Waals surface area contributed by atoms with Gasteiger partial charge in [-0.05, 0) is 37.8 Å². The Labute approximate surface area is 182 Å². The van der Waals surface area contributed by atoms with Crippen LogP contribution in [0.2, 0.25) is 5.02 Å². The average molecular weight is 458 g/mol. The molecule has 1 aromatic carbocycles. The van der Waals surface area contributed by atoms with Crippen molar-refractivity contribution in [2.24, 2.45) is 0 Å². The van der Waals surface area contributed by atoms with Crippen LogP contribution in [0.3, 0.4) is 0 Å². The summed E-state index contributed by atoms with van der Waals surface area (Å²) in [5.74, 6) is -3.65. The average Bonchev–Trinajstić information content (AvgIpc) is 2.73. The van der Waals surface area contributed by atoms with Gasteiger partial charge in [0.15, 0.2) is 0 Å². The van der Waals surface area contributed by atoms with Gasteiger partial charge in [-0.3, -0.25) is 14.4 Å². The summed E-state index contributed by atoms with van der Waals surface area (Å²) in [4.78, 5) is 50.0. The van der Waals surface area contributed by atoms with Gasteiger partial charge >= 0.3 is 11.9 Å². The summed E-state index contributed by atoms with van der Waals surface area (Å²) in [6, 6.07) is 2.20. The van der Waals surface area contributed by atoms with E-state index in [4.69, 9.17) is 16.3 Å². The zero-order valence-corrected chi connectivity index (χ0v) is 18.3. The van der Waals surface area contributed by atoms with Gasteiger partial charge < -0.3 is 9.47 Å². The smallest absolute Gasteiger partial charge is 0.334 e. The lowest BCUT2D eigenvalue weighted by molar-refractivity contribution is -0.138. The topological polar surface area (TPSA) is 90.0 Å². The first-order chi connectivity index (χ1) is 14.2. The number of anilines is 1. The van der Waals surface area contributed by atoms with Crippen LogP contribution in [-0.4, -0.2) is 43.7 Å². The number of carbonyl (C=O) groups excluding carboxylic acids is 4. The molecule has 0 aliphatic heterocycles. The highest BCUT2D eigenvalue weighted by Crippen LogP contribution is 2.35. The van der Waals surface area contributed by atoms with Crippen LogP contribution in [0.15, 0.2) is 28.2 Å². The number of benzene rings is 1. The van der Waals surface area contributed by atoms with Gasteiger partial charge in [-0.15, -0.1) is 11.8 Å². The molecule has 0 aromatic heterocycles. The number of hydrogen-bond donors (Lipinski definition) is 0. The van der Waals surface area contributed by atoms with Crippen LogP contribution < -0.4 is 4.90 Å². The number of carbonyl (C=O) groups is 4. The molecule has 0 bridgehead atoms. The summed E-state index contributed by atoms with van der Waals surface area (Å²) in [5, 5.41) is 0.0215. The maximum atomic E-state index is 14.7. The van der Waals surface area contributed by atoms with E-state index in [0.717, 1.165) is 24.8 Å². The van der Waals surface area contributed by atoms with Crippen molar-refractivity contribution in [1.82, 2.24) is 0 Å². The van der Waals surface area contributed by atoms with Gasteiger partial charge in [-0.25, -0.2) is 14.1 Å². The van der Waals surface area contributed by atoms with Gasteiger partial charge in [0.05, 0.1) is 30.7 Å². The molecule has 1 aliphatic carbocycles. The highest BCUT2D eigenvalue weighted by atomic mass is 35.5. The van der Waals surface area contributed by atoms with Crippen molar-refractivity contribution < 1.29 is 33.0 Å². The zero-order chi connectivity index (χ0) is 22.4. The third-order valence-corrected chi connectivity index (χ3v) is 5.94. The first kappa shape index (κ1) is 23.9. The second-order valence-electron chi connectivity index (χ2n) is 6.41. The summed E-state index contributed by atoms with van der Waals surface area (Å²) >= 11 is 7.03. The summed E-state index contributed by atoms with van der Waals surface area (Å²) in [6.45, 7) is 1.12. The highest BCUT2D eigenvalue weighted by molar-refractivity contribution is 8.00. The Bertz CT molecular complexity index is 917. The van der Waals surface area contributed by atoms with Crippen molar-refractivity contribution in [2.45, 2.75) is 37.5 Å². The molecule has 0 heterocycles. The van der Waals surface area contributed by atoms with Gasteiger partial charge in [0.25, 0.3) is 5.91 Å². The lowest BCUT2D eigenvalue weighted by Crippen LogP contribution is -2.38. The van der Waals surface area contributed by atoms with Crippen LogP contribution in [0.1, 0.15) is 32.6 Å². The largest absolute Gasteiger partial charge is 0.468 e. The minimum atomic E-state index is -0.887. The second kappa shape index (κ2) is 10.6. The molecular formula is C20H21ClFNO6S. The molecule has 2 rings (SSSR count). The first-order valence-electron chi connectivity index (χ1n) is 9.05. The van der Waals surface area contributed by atoms with E-state index in [0.29, 0.717) is 29.1 Å². The van der Waals surface area contributed by atoms with E-state index in [9.17, 15) is 23.6 Å². The molecule has 0 saturated carbocycles. The standard InChI is InChI=1S/C20H21ClFNO6S/c1-11(24)23(19(26)12-6-4-5-7-13(12)20(27)29-3)16-9-17(14(21)8-15(16)22)30-10-18(25)28-2/h8-9H,4-7,10H2,1-3H3. The van der Waals surface area contributed by atoms with Gasteiger partial charge in [0.1, 0.15) is 5.82 Å². The fourth-order valence-corrected chi connectivity index (χ4v) is 4.14. The molecule has 0 N–H and O–H groups in total. The molecule has 7 nitrogen and oxygen atoms in total. The molecular weight excluding hydrogens is 437 g/mol. The number of thioether (sulfide) groups is 1. The number of ether oxygens (including phenoxy) is 2. The lowest BCUT2D eigenvalue weighted by Gasteiger charge is -2.25. The molecule has 2 amide bonds. The SMILES string of the molecule is COC(=O)CSc1cc(N(C(C)=O)C(=O)C2=C(C(=O)OC)CCCC2)c(F)cc1Cl. The van der Waals surface area contributed by atoms with Crippen LogP contribution in [0.4, 0.5) is 10.1 Å². The van der Waals surface area contributed by atoms with Crippen molar-refractivity contribution >= 4 is 52.8 Å². The van der Waals surface area contributed by atoms with Crippen LogP contribution in [-0.2, 0) is 28.7 Å². The van der Waals surface area contributed by atoms with E-state index in [1.54, 1.807) is 0 Å². The summed E-state index contributed by atoms with van der Waals surface area (Å²) in [6.07, 6.45) is 1.95. The van der Waals surface area contributed by atoms with Crippen molar-refractivity contribution in [3.63, 3.8) is 0 Å². The number of nitrogens with zero attached hydrogens (tertiary/aromatic N) is 1. The van der Waals surface area contributed by atoms with Crippen LogP contribution in [0.25, 0.3) is 0 Å². The number of imide groups is 1. The Morgan fingerprint density at radius 3 is 2.30 bits per heavy atom. The molecule has 0 spiro atoms. The normalized spacial score (nSPS) is 13.6. The van der Waals surface area contributed by atoms with Crippen LogP contribution in [0.5, 0.6) is 0 Å². The van der Waals surface area contributed by atoms with Crippen molar-refractivity contribution in [3.05, 3.63) is 34.1 Å². The second-order valence-corrected chi connectivity index (χ2v) is 7.84. The Morgan fingerprint density at radius 1 is 1.10 bits per heavy atom. The maximum absolute atomic E-state index is 14.7. The Morgan fingerprint density at radius 2 is 1.73 bits per heavy atom. The van der Waals surface area contributed by atoms with E-state index < -0.39 is 29.6 Å². The molecule has 0 radical (unpaired) electrons. The third-order valence-electron chi connectivity index (χ3n) is 4.49. The molecule has 0 saturated heterocycles. The summed E-state index contributed by atoms with van der Waals surface area (Å²) in [7, 11) is 2.44. The van der Waals surface area contributed by atoms with Crippen LogP contribution >= 0.6 is 23.4 Å². The molecule has 0 fully saturated rings. The highest BCUT2D eigenvalue weighted by Gasteiger charge is 2.32. The minimum absolute atomic E-state index is 0.0215. The molecule has 0 unspecified atom stereocenters. The lowest BCUT2D eigenvalue weighted by atomic mass is 9.90. The summed E-state index contributed by atoms with van der Waals surface area (Å²) < 4.78 is 24.0. The van der Waals surface area contributed by atoms with Crippen molar-refractivity contribution in [2.75, 3.05) is 24.9 Å². The number of amides is 2. The van der Waals surface area contributed by atoms with E-state index in [2.05, 4.69) is 4.74 Å². The molecule has 1 aliphatic rings. The van der Waals surface area contributed by atoms with E-state index in [-0.39, 0.29) is 34.0 Å². The zero-order valence-electron chi connectivity index (χ0n) is 16.8. The Hall–Kier alpha value is -2.39. The quantitative estimate of drug-likeness (QED) is 0.475. The van der Waals surface area contributed by atoms with Gasteiger partial charge in [0, 0.05) is 23.0 Å².